The molecule has 0 radical (unpaired) electrons. The molecule has 2 heterocycles. The standard InChI is InChI=1S/C12H22O2.C8H15NO.C4H6O2/c1-4-6-7-11(5-2)9-8-10(3)12(13)14;1(3-8-7-10-8)2-4-9-5-6-9;1-3(2)4(5)6/h11H,3-9H2,1-2H3,(H,13,14);8H,1-7H2;1H2,2H3,(H,5,6). The van der Waals surface area contributed by atoms with E-state index in [4.69, 9.17) is 14.9 Å². The third-order valence-electron chi connectivity index (χ3n) is 5.26. The van der Waals surface area contributed by atoms with Gasteiger partial charge >= 0.3 is 11.9 Å². The summed E-state index contributed by atoms with van der Waals surface area (Å²) in [5.74, 6) is -1.11. The van der Waals surface area contributed by atoms with Gasteiger partial charge in [0.1, 0.15) is 0 Å². The van der Waals surface area contributed by atoms with Crippen molar-refractivity contribution < 1.29 is 24.5 Å². The summed E-state index contributed by atoms with van der Waals surface area (Å²) < 4.78 is 5.12. The number of unbranched alkanes of at least 4 members (excludes halogenated alkanes) is 2. The maximum atomic E-state index is 10.5. The molecule has 0 amide bonds. The Morgan fingerprint density at radius 3 is 2.07 bits per heavy atom. The van der Waals surface area contributed by atoms with Crippen LogP contribution >= 0.6 is 0 Å². The fourth-order valence-electron chi connectivity index (χ4n) is 2.77. The first-order valence-corrected chi connectivity index (χ1v) is 11.3. The van der Waals surface area contributed by atoms with Gasteiger partial charge in [0.2, 0.25) is 0 Å². The average Bonchev–Trinajstić information content (AvgIpc) is 3.61. The molecule has 0 saturated carbocycles. The van der Waals surface area contributed by atoms with Crippen LogP contribution in [0.3, 0.4) is 0 Å². The van der Waals surface area contributed by atoms with Gasteiger partial charge in [0, 0.05) is 24.2 Å². The van der Waals surface area contributed by atoms with Crippen molar-refractivity contribution in [1.82, 2.24) is 4.90 Å². The molecule has 2 aliphatic heterocycles. The maximum Gasteiger partial charge on any atom is 0.330 e. The van der Waals surface area contributed by atoms with Gasteiger partial charge in [0.05, 0.1) is 12.7 Å². The van der Waals surface area contributed by atoms with Crippen molar-refractivity contribution in [2.75, 3.05) is 26.2 Å². The van der Waals surface area contributed by atoms with Gasteiger partial charge in [-0.25, -0.2) is 9.59 Å². The number of epoxide rings is 1. The minimum atomic E-state index is -0.935. The van der Waals surface area contributed by atoms with E-state index in [1.807, 2.05) is 0 Å². The summed E-state index contributed by atoms with van der Waals surface area (Å²) in [6.07, 6.45) is 11.1. The summed E-state index contributed by atoms with van der Waals surface area (Å²) in [4.78, 5) is 22.6. The van der Waals surface area contributed by atoms with Crippen molar-refractivity contribution in [3.8, 4) is 0 Å². The minimum Gasteiger partial charge on any atom is -0.478 e. The first-order chi connectivity index (χ1) is 14.2. The van der Waals surface area contributed by atoms with Gasteiger partial charge in [-0.15, -0.1) is 0 Å². The van der Waals surface area contributed by atoms with E-state index in [9.17, 15) is 9.59 Å². The molecule has 0 bridgehead atoms. The van der Waals surface area contributed by atoms with Crippen LogP contribution in [0.4, 0.5) is 0 Å². The van der Waals surface area contributed by atoms with E-state index >= 15 is 0 Å². The summed E-state index contributed by atoms with van der Waals surface area (Å²) in [6, 6.07) is 0. The molecule has 2 aliphatic rings. The highest BCUT2D eigenvalue weighted by atomic mass is 16.6. The number of nitrogens with zero attached hydrogens (tertiary/aromatic N) is 1. The Balaban J connectivity index is 0.000000456. The lowest BCUT2D eigenvalue weighted by Crippen LogP contribution is -2.04. The lowest BCUT2D eigenvalue weighted by atomic mass is 9.93. The molecule has 2 N–H and O–H groups in total. The first-order valence-electron chi connectivity index (χ1n) is 11.3. The first kappa shape index (κ1) is 28.3. The number of carboxylic acid groups (broad SMARTS) is 2. The molecule has 2 fully saturated rings. The van der Waals surface area contributed by atoms with E-state index in [-0.39, 0.29) is 5.57 Å². The molecule has 174 valence electrons. The lowest BCUT2D eigenvalue weighted by molar-refractivity contribution is -0.133. The SMILES string of the molecule is C(CCN1CC1)CC1CO1.C=C(C)C(=O)O.C=C(CCC(CC)CCCC)C(=O)O. The highest BCUT2D eigenvalue weighted by Gasteiger charge is 2.22. The van der Waals surface area contributed by atoms with E-state index in [0.717, 1.165) is 19.4 Å². The third-order valence-corrected chi connectivity index (χ3v) is 5.26. The minimum absolute atomic E-state index is 0.176. The smallest absolute Gasteiger partial charge is 0.330 e. The van der Waals surface area contributed by atoms with Crippen LogP contribution in [0.2, 0.25) is 0 Å². The molecule has 6 heteroatoms. The number of rotatable bonds is 14. The molecule has 6 nitrogen and oxygen atoms in total. The van der Waals surface area contributed by atoms with Crippen molar-refractivity contribution in [3.63, 3.8) is 0 Å². The zero-order valence-electron chi connectivity index (χ0n) is 19.3. The van der Waals surface area contributed by atoms with Gasteiger partial charge in [-0.3, -0.25) is 0 Å². The Morgan fingerprint density at radius 1 is 1.07 bits per heavy atom. The molecule has 0 aromatic carbocycles. The lowest BCUT2D eigenvalue weighted by Gasteiger charge is -2.13. The molecule has 0 aromatic rings. The van der Waals surface area contributed by atoms with Crippen molar-refractivity contribution in [3.05, 3.63) is 24.3 Å². The number of ether oxygens (including phenoxy) is 1. The second-order valence-corrected chi connectivity index (χ2v) is 8.24. The molecule has 2 atom stereocenters. The molecular formula is C24H43NO5. The Kier molecular flexibility index (Phi) is 16.1. The van der Waals surface area contributed by atoms with Gasteiger partial charge in [-0.2, -0.15) is 0 Å². The van der Waals surface area contributed by atoms with Crippen LogP contribution in [0.1, 0.15) is 78.6 Å². The van der Waals surface area contributed by atoms with E-state index in [2.05, 4.69) is 31.9 Å². The zero-order valence-corrected chi connectivity index (χ0v) is 19.3. The van der Waals surface area contributed by atoms with E-state index in [1.165, 1.54) is 65.1 Å². The largest absolute Gasteiger partial charge is 0.478 e. The zero-order chi connectivity index (χ0) is 22.9. The molecule has 30 heavy (non-hydrogen) atoms. The maximum absolute atomic E-state index is 10.5. The third kappa shape index (κ3) is 18.4. The van der Waals surface area contributed by atoms with Crippen LogP contribution in [0.5, 0.6) is 0 Å². The van der Waals surface area contributed by atoms with E-state index in [0.29, 0.717) is 24.0 Å². The number of carboxylic acids is 2. The summed E-state index contributed by atoms with van der Waals surface area (Å²) in [5, 5.41) is 16.5. The average molecular weight is 426 g/mol. The van der Waals surface area contributed by atoms with Gasteiger partial charge < -0.3 is 19.8 Å². The summed E-state index contributed by atoms with van der Waals surface area (Å²) in [6.45, 7) is 17.5. The Bertz CT molecular complexity index is 498. The van der Waals surface area contributed by atoms with Gasteiger partial charge in [-0.05, 0) is 51.5 Å². The summed E-state index contributed by atoms with van der Waals surface area (Å²) >= 11 is 0. The normalized spacial score (nSPS) is 17.5. The molecule has 2 saturated heterocycles. The van der Waals surface area contributed by atoms with Crippen LogP contribution in [0.25, 0.3) is 0 Å². The van der Waals surface area contributed by atoms with Crippen LogP contribution in [0, 0.1) is 5.92 Å². The Morgan fingerprint density at radius 2 is 1.67 bits per heavy atom. The van der Waals surface area contributed by atoms with Crippen LogP contribution in [0.15, 0.2) is 24.3 Å². The van der Waals surface area contributed by atoms with Crippen LogP contribution < -0.4 is 0 Å². The Hall–Kier alpha value is -1.66. The molecule has 0 aliphatic carbocycles. The van der Waals surface area contributed by atoms with Gasteiger partial charge in [0.15, 0.2) is 0 Å². The molecule has 0 spiro atoms. The molecule has 2 unspecified atom stereocenters. The Labute approximate surface area is 183 Å². The van der Waals surface area contributed by atoms with Gasteiger partial charge in [0.25, 0.3) is 0 Å². The number of carbonyl (C=O) groups is 2. The highest BCUT2D eigenvalue weighted by Crippen LogP contribution is 2.20. The van der Waals surface area contributed by atoms with Crippen LogP contribution in [-0.4, -0.2) is 59.4 Å². The van der Waals surface area contributed by atoms with E-state index < -0.39 is 11.9 Å². The van der Waals surface area contributed by atoms with Crippen molar-refractivity contribution in [1.29, 1.82) is 0 Å². The fourth-order valence-corrected chi connectivity index (χ4v) is 2.77. The van der Waals surface area contributed by atoms with Gasteiger partial charge in [-0.1, -0.05) is 52.7 Å². The fraction of sp³-hybridized carbons (Fsp3) is 0.750. The van der Waals surface area contributed by atoms with E-state index in [1.54, 1.807) is 0 Å². The summed E-state index contributed by atoms with van der Waals surface area (Å²) in [5.41, 5.74) is 0.523. The summed E-state index contributed by atoms with van der Waals surface area (Å²) in [7, 11) is 0. The highest BCUT2D eigenvalue weighted by molar-refractivity contribution is 5.85. The van der Waals surface area contributed by atoms with Crippen LogP contribution in [-0.2, 0) is 14.3 Å². The molecule has 0 aromatic heterocycles. The van der Waals surface area contributed by atoms with Crippen molar-refractivity contribution in [2.45, 2.75) is 84.7 Å². The topological polar surface area (TPSA) is 90.1 Å². The van der Waals surface area contributed by atoms with Crippen molar-refractivity contribution in [2.24, 2.45) is 5.92 Å². The molecule has 2 rings (SSSR count). The predicted octanol–water partition coefficient (Wildman–Crippen LogP) is 5.14. The second-order valence-electron chi connectivity index (χ2n) is 8.24. The monoisotopic (exact) mass is 425 g/mol. The second kappa shape index (κ2) is 17.1. The number of hydrogen-bond acceptors (Lipinski definition) is 4. The number of aliphatic carboxylic acids is 2. The quantitative estimate of drug-likeness (QED) is 0.227. The predicted molar refractivity (Wildman–Crippen MR) is 122 cm³/mol. The molecular weight excluding hydrogens is 382 g/mol. The number of hydrogen-bond donors (Lipinski definition) is 2. The van der Waals surface area contributed by atoms with Crippen molar-refractivity contribution >= 4 is 11.9 Å².